The molecule has 3 N–H and O–H groups in total. The molecule has 0 bridgehead atoms. The lowest BCUT2D eigenvalue weighted by Gasteiger charge is -2.28. The number of carbonyl (C=O) groups is 1. The van der Waals surface area contributed by atoms with Gasteiger partial charge in [-0.2, -0.15) is 0 Å². The number of carboxylic acid groups (broad SMARTS) is 1. The zero-order chi connectivity index (χ0) is 10.2. The van der Waals surface area contributed by atoms with Gasteiger partial charge in [0, 0.05) is 6.20 Å². The second-order valence-corrected chi connectivity index (χ2v) is 3.90. The zero-order valence-corrected chi connectivity index (χ0v) is 8.44. The van der Waals surface area contributed by atoms with Crippen molar-refractivity contribution in [2.24, 2.45) is 10.7 Å². The van der Waals surface area contributed by atoms with Crippen molar-refractivity contribution in [2.45, 2.75) is 10.4 Å². The Morgan fingerprint density at radius 1 is 1.77 bits per heavy atom. The number of aliphatic imine (C=N–C) groups is 1. The molecule has 1 aliphatic heterocycles. The first-order valence-electron chi connectivity index (χ1n) is 3.16. The Labute approximate surface area is 89.0 Å². The van der Waals surface area contributed by atoms with Gasteiger partial charge in [-0.15, -0.1) is 11.6 Å². The minimum absolute atomic E-state index is 0.0131. The number of aliphatic carboxylic acids is 1. The molecular formula is C6H5Cl3N2O2. The maximum atomic E-state index is 10.6. The first-order chi connectivity index (χ1) is 5.87. The zero-order valence-electron chi connectivity index (χ0n) is 6.17. The predicted octanol–water partition coefficient (Wildman–Crippen LogP) is 1.11. The summed E-state index contributed by atoms with van der Waals surface area (Å²) in [5, 5.41) is 7.49. The quantitative estimate of drug-likeness (QED) is 0.535. The molecule has 1 rings (SSSR count). The molecule has 7 heteroatoms. The van der Waals surface area contributed by atoms with Crippen molar-refractivity contribution in [1.82, 2.24) is 0 Å². The number of nitrogens with zero attached hydrogens (tertiary/aromatic N) is 1. The monoisotopic (exact) mass is 242 g/mol. The van der Waals surface area contributed by atoms with Crippen LogP contribution in [0.2, 0.25) is 0 Å². The van der Waals surface area contributed by atoms with Crippen LogP contribution in [0.25, 0.3) is 0 Å². The molecule has 2 unspecified atom stereocenters. The van der Waals surface area contributed by atoms with E-state index in [1.807, 2.05) is 0 Å². The average molecular weight is 243 g/mol. The van der Waals surface area contributed by atoms with Gasteiger partial charge in [-0.3, -0.25) is 4.99 Å². The van der Waals surface area contributed by atoms with Crippen LogP contribution in [0.4, 0.5) is 0 Å². The fraction of sp³-hybridized carbons (Fsp3) is 0.333. The van der Waals surface area contributed by atoms with Crippen LogP contribution in [-0.4, -0.2) is 27.2 Å². The highest BCUT2D eigenvalue weighted by Crippen LogP contribution is 2.33. The number of rotatable bonds is 1. The third kappa shape index (κ3) is 1.81. The van der Waals surface area contributed by atoms with E-state index >= 15 is 0 Å². The largest absolute Gasteiger partial charge is 0.477 e. The lowest BCUT2D eigenvalue weighted by molar-refractivity contribution is -0.129. The molecule has 0 aromatic rings. The van der Waals surface area contributed by atoms with E-state index in [2.05, 4.69) is 4.99 Å². The molecule has 0 saturated heterocycles. The van der Waals surface area contributed by atoms with Gasteiger partial charge in [0.1, 0.15) is 11.1 Å². The van der Waals surface area contributed by atoms with E-state index in [0.717, 1.165) is 6.20 Å². The third-order valence-electron chi connectivity index (χ3n) is 1.51. The smallest absolute Gasteiger partial charge is 0.351 e. The van der Waals surface area contributed by atoms with Gasteiger partial charge in [0.05, 0.1) is 5.03 Å². The fourth-order valence-corrected chi connectivity index (χ4v) is 1.41. The summed E-state index contributed by atoms with van der Waals surface area (Å²) < 4.78 is 0. The molecule has 13 heavy (non-hydrogen) atoms. The molecule has 72 valence electrons. The molecule has 1 aliphatic rings. The van der Waals surface area contributed by atoms with Gasteiger partial charge in [0.25, 0.3) is 0 Å². The first kappa shape index (κ1) is 10.8. The van der Waals surface area contributed by atoms with E-state index in [9.17, 15) is 4.79 Å². The summed E-state index contributed by atoms with van der Waals surface area (Å²) in [5.41, 5.74) is 5.17. The van der Waals surface area contributed by atoms with E-state index in [1.165, 1.54) is 0 Å². The van der Waals surface area contributed by atoms with Crippen LogP contribution in [0.1, 0.15) is 0 Å². The maximum absolute atomic E-state index is 10.6. The van der Waals surface area contributed by atoms with Crippen molar-refractivity contribution < 1.29 is 9.90 Å². The molecule has 0 saturated carbocycles. The standard InChI is InChI=1S/C6H5Cl3N2O2/c7-2-1-11-3(5(12)13)4(8)6(2,9)10/h1,4H,10H2,(H,12,13). The van der Waals surface area contributed by atoms with E-state index in [0.29, 0.717) is 0 Å². The Kier molecular flexibility index (Phi) is 2.87. The lowest BCUT2D eigenvalue weighted by Crippen LogP contribution is -2.50. The van der Waals surface area contributed by atoms with Crippen LogP contribution < -0.4 is 5.73 Å². The van der Waals surface area contributed by atoms with E-state index in [4.69, 9.17) is 45.6 Å². The second-order valence-electron chi connectivity index (χ2n) is 2.43. The summed E-state index contributed by atoms with van der Waals surface area (Å²) in [4.78, 5) is 12.5. The van der Waals surface area contributed by atoms with Gasteiger partial charge in [0.15, 0.2) is 5.00 Å². The minimum atomic E-state index is -1.60. The SMILES string of the molecule is NC1(Cl)C(Cl)=CN=C(C(=O)O)C1Cl. The minimum Gasteiger partial charge on any atom is -0.477 e. The van der Waals surface area contributed by atoms with Gasteiger partial charge in [-0.1, -0.05) is 23.2 Å². The summed E-state index contributed by atoms with van der Waals surface area (Å²) in [7, 11) is 0. The normalized spacial score (nSPS) is 33.7. The molecule has 0 aliphatic carbocycles. The average Bonchev–Trinajstić information content (AvgIpc) is 2.01. The molecular weight excluding hydrogens is 238 g/mol. The molecule has 0 aromatic heterocycles. The summed E-state index contributed by atoms with van der Waals surface area (Å²) in [6, 6.07) is 0. The molecule has 2 atom stereocenters. The molecule has 1 heterocycles. The van der Waals surface area contributed by atoms with Crippen molar-refractivity contribution in [3.63, 3.8) is 0 Å². The Balaban J connectivity index is 3.12. The van der Waals surface area contributed by atoms with E-state index in [-0.39, 0.29) is 10.7 Å². The van der Waals surface area contributed by atoms with Crippen LogP contribution in [0.15, 0.2) is 16.2 Å². The van der Waals surface area contributed by atoms with E-state index in [1.54, 1.807) is 0 Å². The molecule has 0 aromatic carbocycles. The van der Waals surface area contributed by atoms with Crippen molar-refractivity contribution in [2.75, 3.05) is 0 Å². The molecule has 0 amide bonds. The van der Waals surface area contributed by atoms with Crippen LogP contribution >= 0.6 is 34.8 Å². The Morgan fingerprint density at radius 2 is 2.31 bits per heavy atom. The predicted molar refractivity (Wildman–Crippen MR) is 51.4 cm³/mol. The maximum Gasteiger partial charge on any atom is 0.351 e. The van der Waals surface area contributed by atoms with Gasteiger partial charge in [0.2, 0.25) is 0 Å². The molecule has 0 radical (unpaired) electrons. The van der Waals surface area contributed by atoms with Crippen molar-refractivity contribution >= 4 is 46.5 Å². The Bertz CT molecular complexity index is 311. The summed E-state index contributed by atoms with van der Waals surface area (Å²) >= 11 is 17.0. The molecule has 4 nitrogen and oxygen atoms in total. The lowest BCUT2D eigenvalue weighted by atomic mass is 10.1. The first-order valence-corrected chi connectivity index (χ1v) is 4.35. The van der Waals surface area contributed by atoms with Gasteiger partial charge in [-0.05, 0) is 0 Å². The molecule has 0 fully saturated rings. The topological polar surface area (TPSA) is 75.7 Å². The van der Waals surface area contributed by atoms with Crippen molar-refractivity contribution in [1.29, 1.82) is 0 Å². The van der Waals surface area contributed by atoms with Crippen LogP contribution in [-0.2, 0) is 4.79 Å². The van der Waals surface area contributed by atoms with Gasteiger partial charge in [-0.25, -0.2) is 4.79 Å². The fourth-order valence-electron chi connectivity index (χ4n) is 0.774. The van der Waals surface area contributed by atoms with Crippen LogP contribution in [0, 0.1) is 0 Å². The van der Waals surface area contributed by atoms with Gasteiger partial charge >= 0.3 is 5.97 Å². The Hall–Kier alpha value is -0.290. The summed E-state index contributed by atoms with van der Waals surface area (Å²) in [6.07, 6.45) is 1.08. The number of carboxylic acids is 1. The number of halogens is 3. The number of nitrogens with two attached hydrogens (primary N) is 1. The Morgan fingerprint density at radius 3 is 2.77 bits per heavy atom. The summed E-state index contributed by atoms with van der Waals surface area (Å²) in [6.45, 7) is 0. The highest BCUT2D eigenvalue weighted by molar-refractivity contribution is 6.55. The van der Waals surface area contributed by atoms with E-state index < -0.39 is 16.3 Å². The number of hydrogen-bond donors (Lipinski definition) is 2. The second kappa shape index (κ2) is 3.46. The third-order valence-corrected chi connectivity index (χ3v) is 3.10. The number of alkyl halides is 2. The highest BCUT2D eigenvalue weighted by Gasteiger charge is 2.43. The summed E-state index contributed by atoms with van der Waals surface area (Å²) in [5.74, 6) is -1.27. The van der Waals surface area contributed by atoms with Crippen LogP contribution in [0.3, 0.4) is 0 Å². The molecule has 0 spiro atoms. The highest BCUT2D eigenvalue weighted by atomic mass is 35.5. The number of hydrogen-bond acceptors (Lipinski definition) is 3. The van der Waals surface area contributed by atoms with Crippen molar-refractivity contribution in [3.8, 4) is 0 Å². The van der Waals surface area contributed by atoms with Gasteiger partial charge < -0.3 is 10.8 Å². The van der Waals surface area contributed by atoms with Crippen molar-refractivity contribution in [3.05, 3.63) is 11.2 Å². The van der Waals surface area contributed by atoms with Crippen LogP contribution in [0.5, 0.6) is 0 Å².